The van der Waals surface area contributed by atoms with Gasteiger partial charge in [-0.25, -0.2) is 9.18 Å². The van der Waals surface area contributed by atoms with Gasteiger partial charge in [-0.15, -0.1) is 0 Å². The van der Waals surface area contributed by atoms with Gasteiger partial charge in [0.15, 0.2) is 0 Å². The lowest BCUT2D eigenvalue weighted by Crippen LogP contribution is -2.48. The zero-order chi connectivity index (χ0) is 17.1. The Kier molecular flexibility index (Phi) is 5.39. The molecule has 3 rings (SSSR count). The van der Waals surface area contributed by atoms with Crippen LogP contribution in [0, 0.1) is 17.7 Å². The van der Waals surface area contributed by atoms with Gasteiger partial charge < -0.3 is 15.3 Å². The monoisotopic (exact) mass is 334 g/mol. The quantitative estimate of drug-likeness (QED) is 0.886. The molecule has 1 aliphatic carbocycles. The lowest BCUT2D eigenvalue weighted by molar-refractivity contribution is 0.0781. The van der Waals surface area contributed by atoms with E-state index in [1.54, 1.807) is 12.1 Å². The highest BCUT2D eigenvalue weighted by Crippen LogP contribution is 2.38. The first-order chi connectivity index (χ1) is 11.5. The van der Waals surface area contributed by atoms with Gasteiger partial charge in [-0.1, -0.05) is 18.6 Å². The summed E-state index contributed by atoms with van der Waals surface area (Å²) in [4.78, 5) is 14.5. The third-order valence-electron chi connectivity index (χ3n) is 5.64. The number of amides is 2. The molecule has 0 aromatic heterocycles. The second-order valence-electron chi connectivity index (χ2n) is 7.23. The fraction of sp³-hybridized carbons (Fsp3) is 0.632. The first-order valence-electron chi connectivity index (χ1n) is 9.03. The lowest BCUT2D eigenvalue weighted by atomic mass is 9.77. The Labute approximate surface area is 143 Å². The number of piperidine rings is 1. The number of halogens is 1. The maximum Gasteiger partial charge on any atom is 0.317 e. The third-order valence-corrected chi connectivity index (χ3v) is 5.64. The second kappa shape index (κ2) is 7.51. The van der Waals surface area contributed by atoms with Crippen LogP contribution in [0.4, 0.5) is 9.18 Å². The topological polar surface area (TPSA) is 52.6 Å². The van der Waals surface area contributed by atoms with E-state index in [2.05, 4.69) is 5.32 Å². The normalized spacial score (nSPS) is 21.9. The fourth-order valence-corrected chi connectivity index (χ4v) is 3.73. The predicted molar refractivity (Wildman–Crippen MR) is 91.0 cm³/mol. The summed E-state index contributed by atoms with van der Waals surface area (Å²) in [6, 6.07) is 6.39. The predicted octanol–water partition coefficient (Wildman–Crippen LogP) is 3.47. The summed E-state index contributed by atoms with van der Waals surface area (Å²) in [6.07, 6.45) is 4.78. The SMILES string of the molecule is CC(O)C1CCN(C(=O)NC(c2ccc(F)cc2)C2CCC2)CC1. The number of rotatable bonds is 4. The number of aliphatic hydroxyl groups excluding tert-OH is 1. The molecule has 0 spiro atoms. The van der Waals surface area contributed by atoms with Crippen molar-refractivity contribution in [2.24, 2.45) is 11.8 Å². The molecule has 0 radical (unpaired) electrons. The van der Waals surface area contributed by atoms with Crippen molar-refractivity contribution in [2.75, 3.05) is 13.1 Å². The van der Waals surface area contributed by atoms with Crippen LogP contribution in [0.5, 0.6) is 0 Å². The zero-order valence-corrected chi connectivity index (χ0v) is 14.2. The van der Waals surface area contributed by atoms with Gasteiger partial charge in [-0.3, -0.25) is 0 Å². The number of nitrogens with one attached hydrogen (secondary N) is 1. The molecule has 132 valence electrons. The molecule has 1 saturated heterocycles. The summed E-state index contributed by atoms with van der Waals surface area (Å²) in [5, 5.41) is 12.9. The molecule has 1 heterocycles. The summed E-state index contributed by atoms with van der Waals surface area (Å²) >= 11 is 0. The maximum absolute atomic E-state index is 13.2. The highest BCUT2D eigenvalue weighted by molar-refractivity contribution is 5.75. The van der Waals surface area contributed by atoms with E-state index < -0.39 is 0 Å². The first kappa shape index (κ1) is 17.2. The van der Waals surface area contributed by atoms with Crippen LogP contribution >= 0.6 is 0 Å². The minimum Gasteiger partial charge on any atom is -0.393 e. The molecule has 0 bridgehead atoms. The van der Waals surface area contributed by atoms with Crippen LogP contribution in [0.1, 0.15) is 50.6 Å². The molecule has 2 fully saturated rings. The van der Waals surface area contributed by atoms with E-state index in [-0.39, 0.29) is 29.9 Å². The van der Waals surface area contributed by atoms with Gasteiger partial charge in [-0.2, -0.15) is 0 Å². The Morgan fingerprint density at radius 2 is 1.79 bits per heavy atom. The summed E-state index contributed by atoms with van der Waals surface area (Å²) in [6.45, 7) is 3.19. The van der Waals surface area contributed by atoms with E-state index in [4.69, 9.17) is 0 Å². The van der Waals surface area contributed by atoms with Crippen molar-refractivity contribution in [2.45, 2.75) is 51.2 Å². The van der Waals surface area contributed by atoms with Crippen molar-refractivity contribution in [3.63, 3.8) is 0 Å². The molecule has 2 atom stereocenters. The minimum absolute atomic E-state index is 0.0404. The van der Waals surface area contributed by atoms with E-state index in [1.807, 2.05) is 11.8 Å². The van der Waals surface area contributed by atoms with Gasteiger partial charge in [0.1, 0.15) is 5.82 Å². The Hall–Kier alpha value is -1.62. The highest BCUT2D eigenvalue weighted by atomic mass is 19.1. The molecule has 1 aromatic carbocycles. The Bertz CT molecular complexity index is 549. The number of hydrogen-bond acceptors (Lipinski definition) is 2. The molecule has 4 nitrogen and oxygen atoms in total. The van der Waals surface area contributed by atoms with Crippen LogP contribution in [0.3, 0.4) is 0 Å². The molecule has 1 aromatic rings. The van der Waals surface area contributed by atoms with Crippen molar-refractivity contribution in [3.05, 3.63) is 35.6 Å². The first-order valence-corrected chi connectivity index (χ1v) is 9.03. The van der Waals surface area contributed by atoms with E-state index in [9.17, 15) is 14.3 Å². The summed E-state index contributed by atoms with van der Waals surface area (Å²) in [7, 11) is 0. The van der Waals surface area contributed by atoms with Crippen LogP contribution in [-0.2, 0) is 0 Å². The third kappa shape index (κ3) is 3.89. The molecule has 24 heavy (non-hydrogen) atoms. The molecule has 2 amide bonds. The van der Waals surface area contributed by atoms with Gasteiger partial charge >= 0.3 is 6.03 Å². The molecule has 1 saturated carbocycles. The van der Waals surface area contributed by atoms with Crippen LogP contribution in [-0.4, -0.2) is 35.2 Å². The molecular weight excluding hydrogens is 307 g/mol. The van der Waals surface area contributed by atoms with Crippen molar-refractivity contribution in [1.82, 2.24) is 10.2 Å². The van der Waals surface area contributed by atoms with Crippen molar-refractivity contribution < 1.29 is 14.3 Å². The van der Waals surface area contributed by atoms with E-state index in [1.165, 1.54) is 18.6 Å². The van der Waals surface area contributed by atoms with Crippen LogP contribution < -0.4 is 5.32 Å². The summed E-state index contributed by atoms with van der Waals surface area (Å²) < 4.78 is 13.2. The maximum atomic E-state index is 13.2. The fourth-order valence-electron chi connectivity index (χ4n) is 3.73. The van der Waals surface area contributed by atoms with Gasteiger partial charge in [0, 0.05) is 13.1 Å². The van der Waals surface area contributed by atoms with Gasteiger partial charge in [0.25, 0.3) is 0 Å². The Balaban J connectivity index is 1.62. The van der Waals surface area contributed by atoms with Crippen LogP contribution in [0.15, 0.2) is 24.3 Å². The standard InChI is InChI=1S/C19H27FN2O2/c1-13(23)14-9-11-22(12-10-14)19(24)21-18(15-3-2-4-15)16-5-7-17(20)8-6-16/h5-8,13-15,18,23H,2-4,9-12H2,1H3,(H,21,24). The molecule has 2 aliphatic rings. The summed E-state index contributed by atoms with van der Waals surface area (Å²) in [5.41, 5.74) is 0.980. The molecule has 2 N–H and O–H groups in total. The number of carbonyl (C=O) groups is 1. The van der Waals surface area contributed by atoms with Crippen LogP contribution in [0.25, 0.3) is 0 Å². The van der Waals surface area contributed by atoms with E-state index in [0.717, 1.165) is 31.2 Å². The number of carbonyl (C=O) groups excluding carboxylic acids is 1. The van der Waals surface area contributed by atoms with Gasteiger partial charge in [0.05, 0.1) is 12.1 Å². The van der Waals surface area contributed by atoms with Crippen molar-refractivity contribution >= 4 is 6.03 Å². The molecule has 1 aliphatic heterocycles. The van der Waals surface area contributed by atoms with Gasteiger partial charge in [0.2, 0.25) is 0 Å². The van der Waals surface area contributed by atoms with Crippen LogP contribution in [0.2, 0.25) is 0 Å². The average Bonchev–Trinajstić information content (AvgIpc) is 2.53. The zero-order valence-electron chi connectivity index (χ0n) is 14.2. The number of benzene rings is 1. The smallest absolute Gasteiger partial charge is 0.317 e. The number of hydrogen-bond donors (Lipinski definition) is 2. The Morgan fingerprint density at radius 1 is 1.17 bits per heavy atom. The summed E-state index contributed by atoms with van der Waals surface area (Å²) in [5.74, 6) is 0.473. The van der Waals surface area contributed by atoms with Crippen molar-refractivity contribution in [3.8, 4) is 0 Å². The molecule has 5 heteroatoms. The van der Waals surface area contributed by atoms with E-state index >= 15 is 0 Å². The Morgan fingerprint density at radius 3 is 2.29 bits per heavy atom. The molecular formula is C19H27FN2O2. The second-order valence-corrected chi connectivity index (χ2v) is 7.23. The lowest BCUT2D eigenvalue weighted by Gasteiger charge is -2.38. The van der Waals surface area contributed by atoms with Gasteiger partial charge in [-0.05, 0) is 62.1 Å². The molecule has 2 unspecified atom stereocenters. The van der Waals surface area contributed by atoms with E-state index in [0.29, 0.717) is 19.0 Å². The number of nitrogens with zero attached hydrogens (tertiary/aromatic N) is 1. The highest BCUT2D eigenvalue weighted by Gasteiger charge is 2.32. The largest absolute Gasteiger partial charge is 0.393 e. The minimum atomic E-state index is -0.308. The number of aliphatic hydroxyl groups is 1. The average molecular weight is 334 g/mol. The van der Waals surface area contributed by atoms with Crippen molar-refractivity contribution in [1.29, 1.82) is 0 Å². The number of urea groups is 1. The number of likely N-dealkylation sites (tertiary alicyclic amines) is 1.